The van der Waals surface area contributed by atoms with E-state index in [0.717, 1.165) is 30.8 Å². The normalized spacial score (nSPS) is 15.9. The lowest BCUT2D eigenvalue weighted by molar-refractivity contribution is 0.232. The number of aryl methyl sites for hydroxylation is 2. The Balaban J connectivity index is 1.63. The molecule has 1 radical (unpaired) electrons. The fraction of sp³-hybridized carbons (Fsp3) is 0.500. The summed E-state index contributed by atoms with van der Waals surface area (Å²) in [5.41, 5.74) is 5.72. The van der Waals surface area contributed by atoms with Crippen LogP contribution in [0, 0.1) is 13.5 Å². The first-order valence-electron chi connectivity index (χ1n) is 8.89. The fourth-order valence-electron chi connectivity index (χ4n) is 3.64. The van der Waals surface area contributed by atoms with Gasteiger partial charge in [-0.3, -0.25) is 0 Å². The highest BCUT2D eigenvalue weighted by Crippen LogP contribution is 2.25. The predicted octanol–water partition coefficient (Wildman–Crippen LogP) is 3.89. The Labute approximate surface area is 139 Å². The lowest BCUT2D eigenvalue weighted by Gasteiger charge is -2.26. The van der Waals surface area contributed by atoms with Crippen LogP contribution in [0.25, 0.3) is 16.6 Å². The van der Waals surface area contributed by atoms with Crippen molar-refractivity contribution < 1.29 is 0 Å². The molecule has 1 aliphatic heterocycles. The van der Waals surface area contributed by atoms with Crippen LogP contribution in [0.4, 0.5) is 0 Å². The first kappa shape index (κ1) is 16.1. The van der Waals surface area contributed by atoms with Crippen LogP contribution in [0.15, 0.2) is 18.2 Å². The molecular formula is C20H28N3. The molecule has 3 nitrogen and oxygen atoms in total. The van der Waals surface area contributed by atoms with Crippen LogP contribution in [-0.2, 0) is 6.42 Å². The van der Waals surface area contributed by atoms with Crippen molar-refractivity contribution in [1.29, 1.82) is 0 Å². The van der Waals surface area contributed by atoms with Crippen LogP contribution < -0.4 is 5.32 Å². The average molecular weight is 310 g/mol. The van der Waals surface area contributed by atoms with Gasteiger partial charge in [0.25, 0.3) is 0 Å². The molecule has 23 heavy (non-hydrogen) atoms. The van der Waals surface area contributed by atoms with Gasteiger partial charge in [0.2, 0.25) is 0 Å². The quantitative estimate of drug-likeness (QED) is 0.848. The molecule has 0 spiro atoms. The lowest BCUT2D eigenvalue weighted by atomic mass is 10.0. The summed E-state index contributed by atoms with van der Waals surface area (Å²) in [4.78, 5) is 5.98. The highest BCUT2D eigenvalue weighted by molar-refractivity contribution is 5.87. The number of piperidine rings is 1. The summed E-state index contributed by atoms with van der Waals surface area (Å²) in [6, 6.07) is 6.44. The summed E-state index contributed by atoms with van der Waals surface area (Å²) in [6.45, 7) is 15.1. The third kappa shape index (κ3) is 3.61. The Bertz CT molecular complexity index is 677. The molecule has 0 saturated carbocycles. The summed E-state index contributed by atoms with van der Waals surface area (Å²) in [7, 11) is 0. The Morgan fingerprint density at radius 3 is 2.78 bits per heavy atom. The van der Waals surface area contributed by atoms with Crippen LogP contribution in [0.2, 0.25) is 0 Å². The zero-order valence-corrected chi connectivity index (χ0v) is 14.4. The molecule has 0 amide bonds. The van der Waals surface area contributed by atoms with Gasteiger partial charge in [-0.25, -0.2) is 0 Å². The maximum atomic E-state index is 6.28. The second-order valence-corrected chi connectivity index (χ2v) is 6.59. The number of rotatable bonds is 6. The Morgan fingerprint density at radius 1 is 1.26 bits per heavy atom. The van der Waals surface area contributed by atoms with Crippen LogP contribution in [0.1, 0.15) is 43.0 Å². The van der Waals surface area contributed by atoms with Gasteiger partial charge in [-0.2, -0.15) is 0 Å². The predicted molar refractivity (Wildman–Crippen MR) is 98.4 cm³/mol. The van der Waals surface area contributed by atoms with Gasteiger partial charge in [-0.1, -0.05) is 19.4 Å². The zero-order valence-electron chi connectivity index (χ0n) is 14.4. The van der Waals surface area contributed by atoms with Crippen molar-refractivity contribution in [2.45, 2.75) is 39.5 Å². The van der Waals surface area contributed by atoms with Crippen molar-refractivity contribution in [3.8, 4) is 0 Å². The average Bonchev–Trinajstić information content (AvgIpc) is 2.89. The largest absolute Gasteiger partial charge is 0.383 e. The molecule has 0 unspecified atom stereocenters. The monoisotopic (exact) mass is 310 g/mol. The molecule has 1 aromatic carbocycles. The summed E-state index contributed by atoms with van der Waals surface area (Å²) in [5, 5.41) is 4.69. The Kier molecular flexibility index (Phi) is 5.06. The minimum absolute atomic E-state index is 0.782. The van der Waals surface area contributed by atoms with E-state index in [0.29, 0.717) is 0 Å². The van der Waals surface area contributed by atoms with Crippen LogP contribution >= 0.6 is 0 Å². The van der Waals surface area contributed by atoms with E-state index in [1.807, 2.05) is 0 Å². The van der Waals surface area contributed by atoms with E-state index in [1.165, 1.54) is 54.5 Å². The standard InChI is InChI=1S/C20H28N3/c1-4-18-16(3)22-20-9-8-17(14-19(18)20)15(2)21-10-13-23-11-6-5-7-12-23/h2,8-9,14,21-22H,4-7,10-13H2,1,3H3. The molecule has 0 atom stereocenters. The van der Waals surface area contributed by atoms with Crippen LogP contribution in [0.3, 0.4) is 0 Å². The van der Waals surface area contributed by atoms with Gasteiger partial charge in [0.05, 0.1) is 0 Å². The van der Waals surface area contributed by atoms with Crippen molar-refractivity contribution in [3.05, 3.63) is 41.6 Å². The molecule has 0 bridgehead atoms. The number of H-pyrrole nitrogens is 1. The lowest BCUT2D eigenvalue weighted by Crippen LogP contribution is -2.35. The van der Waals surface area contributed by atoms with Gasteiger partial charge in [0, 0.05) is 35.4 Å². The minimum Gasteiger partial charge on any atom is -0.383 e. The SMILES string of the molecule is [CH]=C(NCCN1CCCCC1)c1ccc2[nH]c(C)c(CC)c2c1. The third-order valence-electron chi connectivity index (χ3n) is 4.98. The van der Waals surface area contributed by atoms with E-state index in [-0.39, 0.29) is 0 Å². The zero-order chi connectivity index (χ0) is 16.2. The number of aromatic amines is 1. The van der Waals surface area contributed by atoms with Gasteiger partial charge >= 0.3 is 0 Å². The smallest absolute Gasteiger partial charge is 0.0459 e. The van der Waals surface area contributed by atoms with Crippen molar-refractivity contribution >= 4 is 16.6 Å². The molecule has 2 heterocycles. The maximum Gasteiger partial charge on any atom is 0.0459 e. The van der Waals surface area contributed by atoms with Crippen molar-refractivity contribution in [3.63, 3.8) is 0 Å². The van der Waals surface area contributed by atoms with E-state index in [2.05, 4.69) is 47.2 Å². The van der Waals surface area contributed by atoms with Gasteiger partial charge in [-0.05, 0) is 69.1 Å². The van der Waals surface area contributed by atoms with Crippen molar-refractivity contribution in [1.82, 2.24) is 15.2 Å². The molecule has 3 rings (SSSR count). The summed E-state index contributed by atoms with van der Waals surface area (Å²) < 4.78 is 0. The molecule has 1 saturated heterocycles. The second kappa shape index (κ2) is 7.22. The van der Waals surface area contributed by atoms with E-state index in [4.69, 9.17) is 6.58 Å². The number of hydrogen-bond donors (Lipinski definition) is 2. The van der Waals surface area contributed by atoms with E-state index < -0.39 is 0 Å². The minimum atomic E-state index is 0.782. The van der Waals surface area contributed by atoms with E-state index in [1.54, 1.807) is 0 Å². The first-order valence-corrected chi connectivity index (χ1v) is 8.89. The molecule has 2 aromatic rings. The van der Waals surface area contributed by atoms with Crippen molar-refractivity contribution in [2.24, 2.45) is 0 Å². The number of hydrogen-bond acceptors (Lipinski definition) is 2. The molecule has 1 fully saturated rings. The van der Waals surface area contributed by atoms with E-state index >= 15 is 0 Å². The van der Waals surface area contributed by atoms with Crippen LogP contribution in [0.5, 0.6) is 0 Å². The highest BCUT2D eigenvalue weighted by Gasteiger charge is 2.11. The van der Waals surface area contributed by atoms with Crippen LogP contribution in [-0.4, -0.2) is 36.1 Å². The van der Waals surface area contributed by atoms with Gasteiger partial charge in [-0.15, -0.1) is 0 Å². The summed E-state index contributed by atoms with van der Waals surface area (Å²) >= 11 is 0. The van der Waals surface area contributed by atoms with Crippen molar-refractivity contribution in [2.75, 3.05) is 26.2 Å². The number of nitrogens with zero attached hydrogens (tertiary/aromatic N) is 1. The number of aromatic nitrogens is 1. The number of fused-ring (bicyclic) bond motifs is 1. The molecule has 1 aromatic heterocycles. The molecule has 0 aliphatic carbocycles. The van der Waals surface area contributed by atoms with Gasteiger partial charge < -0.3 is 15.2 Å². The summed E-state index contributed by atoms with van der Waals surface area (Å²) in [6.07, 6.45) is 5.09. The molecular weight excluding hydrogens is 282 g/mol. The van der Waals surface area contributed by atoms with E-state index in [9.17, 15) is 0 Å². The fourth-order valence-corrected chi connectivity index (χ4v) is 3.64. The van der Waals surface area contributed by atoms with Gasteiger partial charge in [0.1, 0.15) is 0 Å². The molecule has 3 heteroatoms. The topological polar surface area (TPSA) is 31.1 Å². The highest BCUT2D eigenvalue weighted by atomic mass is 15.1. The molecule has 123 valence electrons. The second-order valence-electron chi connectivity index (χ2n) is 6.59. The molecule has 2 N–H and O–H groups in total. The number of likely N-dealkylation sites (tertiary alicyclic amines) is 1. The van der Waals surface area contributed by atoms with Gasteiger partial charge in [0.15, 0.2) is 0 Å². The number of benzene rings is 1. The Hall–Kier alpha value is -1.74. The summed E-state index contributed by atoms with van der Waals surface area (Å²) in [5.74, 6) is 0. The first-order chi connectivity index (χ1) is 11.2. The number of nitrogens with one attached hydrogen (secondary N) is 2. The molecule has 1 aliphatic rings. The maximum absolute atomic E-state index is 6.28. The Morgan fingerprint density at radius 2 is 2.04 bits per heavy atom. The third-order valence-corrected chi connectivity index (χ3v) is 4.98.